The quantitative estimate of drug-likeness (QED) is 0.284. The number of nitro groups is 1. The Labute approximate surface area is 189 Å². The lowest BCUT2D eigenvalue weighted by atomic mass is 10.2. The maximum Gasteiger partial charge on any atom is 0.270 e. The number of carbonyl (C=O) groups is 2. The zero-order valence-corrected chi connectivity index (χ0v) is 18.2. The van der Waals surface area contributed by atoms with Crippen molar-refractivity contribution in [3.05, 3.63) is 88.5 Å². The maximum atomic E-state index is 12.6. The van der Waals surface area contributed by atoms with Gasteiger partial charge in [0.05, 0.1) is 17.3 Å². The molecule has 32 heavy (non-hydrogen) atoms. The van der Waals surface area contributed by atoms with E-state index in [2.05, 4.69) is 10.6 Å². The van der Waals surface area contributed by atoms with Crippen molar-refractivity contribution in [1.29, 1.82) is 0 Å². The van der Waals surface area contributed by atoms with E-state index in [4.69, 9.17) is 4.74 Å². The number of amides is 2. The summed E-state index contributed by atoms with van der Waals surface area (Å²) in [4.78, 5) is 36.2. The number of rotatable bonds is 8. The zero-order valence-electron chi connectivity index (χ0n) is 17.4. The number of hydrogen-bond donors (Lipinski definition) is 2. The van der Waals surface area contributed by atoms with Gasteiger partial charge < -0.3 is 15.4 Å². The second kappa shape index (κ2) is 10.5. The highest BCUT2D eigenvalue weighted by Crippen LogP contribution is 2.27. The fourth-order valence-electron chi connectivity index (χ4n) is 2.81. The lowest BCUT2D eigenvalue weighted by molar-refractivity contribution is -0.384. The molecular weight excluding hydrogens is 430 g/mol. The molecule has 2 N–H and O–H groups in total. The summed E-state index contributed by atoms with van der Waals surface area (Å²) < 4.78 is 5.16. The van der Waals surface area contributed by atoms with Gasteiger partial charge in [-0.15, -0.1) is 11.8 Å². The van der Waals surface area contributed by atoms with Crippen molar-refractivity contribution < 1.29 is 19.2 Å². The highest BCUT2D eigenvalue weighted by molar-refractivity contribution is 8.00. The number of ether oxygens (including phenoxy) is 1. The van der Waals surface area contributed by atoms with Crippen LogP contribution >= 0.6 is 11.8 Å². The van der Waals surface area contributed by atoms with Crippen LogP contribution in [0.3, 0.4) is 0 Å². The molecule has 3 aromatic carbocycles. The first-order valence-corrected chi connectivity index (χ1v) is 10.5. The minimum absolute atomic E-state index is 0.155. The van der Waals surface area contributed by atoms with Crippen molar-refractivity contribution >= 4 is 40.6 Å². The predicted octanol–water partition coefficient (Wildman–Crippen LogP) is 4.98. The van der Waals surface area contributed by atoms with Gasteiger partial charge >= 0.3 is 0 Å². The second-order valence-corrected chi connectivity index (χ2v) is 8.18. The first kappa shape index (κ1) is 22.8. The van der Waals surface area contributed by atoms with Crippen molar-refractivity contribution in [2.45, 2.75) is 17.1 Å². The molecule has 0 radical (unpaired) electrons. The van der Waals surface area contributed by atoms with Crippen LogP contribution in [0.5, 0.6) is 5.75 Å². The molecule has 0 fully saturated rings. The summed E-state index contributed by atoms with van der Waals surface area (Å²) in [6.07, 6.45) is 0. The SMILES string of the molecule is COc1cccc(NC(=O)C(C)Sc2cccc(NC(=O)c3cccc([N+](=O)[O-])c3)c2)c1. The van der Waals surface area contributed by atoms with E-state index in [1.807, 2.05) is 6.07 Å². The molecule has 3 rings (SSSR count). The Morgan fingerprint density at radius 2 is 1.66 bits per heavy atom. The van der Waals surface area contributed by atoms with Crippen LogP contribution < -0.4 is 15.4 Å². The van der Waals surface area contributed by atoms with Crippen molar-refractivity contribution in [3.63, 3.8) is 0 Å². The van der Waals surface area contributed by atoms with Gasteiger partial charge in [0, 0.05) is 40.0 Å². The highest BCUT2D eigenvalue weighted by atomic mass is 32.2. The molecule has 0 bridgehead atoms. The number of benzene rings is 3. The summed E-state index contributed by atoms with van der Waals surface area (Å²) in [7, 11) is 1.56. The molecule has 164 valence electrons. The fourth-order valence-corrected chi connectivity index (χ4v) is 3.74. The Balaban J connectivity index is 1.63. The number of anilines is 2. The van der Waals surface area contributed by atoms with Crippen molar-refractivity contribution in [2.75, 3.05) is 17.7 Å². The standard InChI is InChI=1S/C23H21N3O5S/c1-15(22(27)24-17-7-4-10-20(13-17)31-2)32-21-11-5-8-18(14-21)25-23(28)16-6-3-9-19(12-16)26(29)30/h3-15H,1-2H3,(H,24,27)(H,25,28). The van der Waals surface area contributed by atoms with E-state index in [0.29, 0.717) is 17.1 Å². The Morgan fingerprint density at radius 3 is 2.38 bits per heavy atom. The lowest BCUT2D eigenvalue weighted by Gasteiger charge is -2.13. The van der Waals surface area contributed by atoms with Gasteiger partial charge in [0.25, 0.3) is 11.6 Å². The van der Waals surface area contributed by atoms with Crippen LogP contribution in [0.15, 0.2) is 77.7 Å². The summed E-state index contributed by atoms with van der Waals surface area (Å²) in [5.74, 6) is 0.0178. The molecule has 0 saturated heterocycles. The average molecular weight is 452 g/mol. The number of nitrogens with zero attached hydrogens (tertiary/aromatic N) is 1. The molecule has 0 aromatic heterocycles. The second-order valence-electron chi connectivity index (χ2n) is 6.77. The molecule has 1 unspecified atom stereocenters. The van der Waals surface area contributed by atoms with E-state index in [9.17, 15) is 19.7 Å². The Bertz CT molecular complexity index is 1150. The fraction of sp³-hybridized carbons (Fsp3) is 0.130. The third-order valence-electron chi connectivity index (χ3n) is 4.43. The lowest BCUT2D eigenvalue weighted by Crippen LogP contribution is -2.22. The van der Waals surface area contributed by atoms with Crippen LogP contribution in [0.4, 0.5) is 17.1 Å². The van der Waals surface area contributed by atoms with Gasteiger partial charge in [0.2, 0.25) is 5.91 Å². The van der Waals surface area contributed by atoms with Gasteiger partial charge in [-0.1, -0.05) is 18.2 Å². The van der Waals surface area contributed by atoms with Gasteiger partial charge in [0.15, 0.2) is 0 Å². The number of non-ortho nitro benzene ring substituents is 1. The minimum Gasteiger partial charge on any atom is -0.497 e. The van der Waals surface area contributed by atoms with E-state index < -0.39 is 16.1 Å². The monoisotopic (exact) mass is 451 g/mol. The first-order chi connectivity index (χ1) is 15.4. The van der Waals surface area contributed by atoms with Crippen LogP contribution in [0.1, 0.15) is 17.3 Å². The van der Waals surface area contributed by atoms with E-state index >= 15 is 0 Å². The molecule has 0 aliphatic carbocycles. The van der Waals surface area contributed by atoms with Crippen molar-refractivity contribution in [2.24, 2.45) is 0 Å². The Kier molecular flexibility index (Phi) is 7.45. The molecule has 0 spiro atoms. The van der Waals surface area contributed by atoms with E-state index in [1.165, 1.54) is 36.0 Å². The highest BCUT2D eigenvalue weighted by Gasteiger charge is 2.16. The summed E-state index contributed by atoms with van der Waals surface area (Å²) in [5.41, 5.74) is 1.19. The molecule has 0 aliphatic heterocycles. The number of nitro benzene ring substituents is 1. The van der Waals surface area contributed by atoms with Gasteiger partial charge in [-0.05, 0) is 43.3 Å². The van der Waals surface area contributed by atoms with Gasteiger partial charge in [-0.2, -0.15) is 0 Å². The molecule has 0 heterocycles. The van der Waals surface area contributed by atoms with Crippen LogP contribution in [-0.2, 0) is 4.79 Å². The van der Waals surface area contributed by atoms with Crippen LogP contribution in [0.2, 0.25) is 0 Å². The number of carbonyl (C=O) groups excluding carboxylic acids is 2. The largest absolute Gasteiger partial charge is 0.497 e. The minimum atomic E-state index is -0.550. The van der Waals surface area contributed by atoms with E-state index in [-0.39, 0.29) is 17.2 Å². The van der Waals surface area contributed by atoms with Crippen LogP contribution in [0, 0.1) is 10.1 Å². The number of thioether (sulfide) groups is 1. The van der Waals surface area contributed by atoms with Crippen LogP contribution in [0.25, 0.3) is 0 Å². The number of nitrogens with one attached hydrogen (secondary N) is 2. The summed E-state index contributed by atoms with van der Waals surface area (Å²) >= 11 is 1.34. The molecule has 9 heteroatoms. The van der Waals surface area contributed by atoms with Gasteiger partial charge in [-0.25, -0.2) is 0 Å². The predicted molar refractivity (Wildman–Crippen MR) is 124 cm³/mol. The molecular formula is C23H21N3O5S. The van der Waals surface area contributed by atoms with E-state index in [0.717, 1.165) is 4.90 Å². The normalized spacial score (nSPS) is 11.3. The molecule has 3 aromatic rings. The van der Waals surface area contributed by atoms with E-state index in [1.54, 1.807) is 56.5 Å². The van der Waals surface area contributed by atoms with Crippen molar-refractivity contribution in [3.8, 4) is 5.75 Å². The molecule has 1 atom stereocenters. The molecule has 0 aliphatic rings. The zero-order chi connectivity index (χ0) is 23.1. The third-order valence-corrected chi connectivity index (χ3v) is 5.52. The number of hydrogen-bond acceptors (Lipinski definition) is 6. The molecule has 8 nitrogen and oxygen atoms in total. The molecule has 2 amide bonds. The number of methoxy groups -OCH3 is 1. The topological polar surface area (TPSA) is 111 Å². The van der Waals surface area contributed by atoms with Crippen LogP contribution in [-0.4, -0.2) is 29.1 Å². The third kappa shape index (κ3) is 6.08. The van der Waals surface area contributed by atoms with Crippen molar-refractivity contribution in [1.82, 2.24) is 0 Å². The average Bonchev–Trinajstić information content (AvgIpc) is 2.79. The molecule has 0 saturated carbocycles. The summed E-state index contributed by atoms with van der Waals surface area (Å²) in [5, 5.41) is 16.1. The Morgan fingerprint density at radius 1 is 0.969 bits per heavy atom. The smallest absolute Gasteiger partial charge is 0.270 e. The Hall–Kier alpha value is -3.85. The maximum absolute atomic E-state index is 12.6. The summed E-state index contributed by atoms with van der Waals surface area (Å²) in [6.45, 7) is 1.79. The van der Waals surface area contributed by atoms with Gasteiger partial charge in [-0.3, -0.25) is 19.7 Å². The summed E-state index contributed by atoms with van der Waals surface area (Å²) in [6, 6.07) is 19.7. The van der Waals surface area contributed by atoms with Gasteiger partial charge in [0.1, 0.15) is 5.75 Å². The first-order valence-electron chi connectivity index (χ1n) is 9.63.